The van der Waals surface area contributed by atoms with E-state index >= 15 is 0 Å². The van der Waals surface area contributed by atoms with E-state index in [4.69, 9.17) is 19.7 Å². The molecular formula is C35H42N4O6. The number of likely N-dealkylation sites (tertiary alicyclic amines) is 1. The first kappa shape index (κ1) is 33.5. The highest BCUT2D eigenvalue weighted by Crippen LogP contribution is 2.42. The number of hydrogen-bond acceptors (Lipinski definition) is 7. The van der Waals surface area contributed by atoms with E-state index in [1.807, 2.05) is 78.9 Å². The third kappa shape index (κ3) is 8.63. The molecule has 0 aliphatic carbocycles. The average molecular weight is 615 g/mol. The quantitative estimate of drug-likeness (QED) is 0.0633. The van der Waals surface area contributed by atoms with Crippen LogP contribution in [0.5, 0.6) is 11.5 Å². The molecule has 10 nitrogen and oxygen atoms in total. The molecular weight excluding hydrogens is 572 g/mol. The molecule has 1 unspecified atom stereocenters. The van der Waals surface area contributed by atoms with Gasteiger partial charge >= 0.3 is 0 Å². The fourth-order valence-electron chi connectivity index (χ4n) is 5.94. The Kier molecular flexibility index (Phi) is 12.4. The van der Waals surface area contributed by atoms with Crippen molar-refractivity contribution in [2.75, 3.05) is 33.9 Å². The number of aliphatic hydroxyl groups excluding tert-OH is 1. The number of aliphatic hydroxyl groups is 1. The number of rotatable bonds is 17. The predicted octanol–water partition coefficient (Wildman–Crippen LogP) is 6.19. The van der Waals surface area contributed by atoms with Crippen LogP contribution in [-0.2, 0) is 19.9 Å². The fraction of sp³-hybridized carbons (Fsp3) is 0.429. The van der Waals surface area contributed by atoms with Crippen molar-refractivity contribution in [2.24, 2.45) is 5.11 Å². The molecule has 1 saturated heterocycles. The molecule has 1 fully saturated rings. The fourth-order valence-corrected chi connectivity index (χ4v) is 5.94. The Morgan fingerprint density at radius 2 is 1.42 bits per heavy atom. The lowest BCUT2D eigenvalue weighted by molar-refractivity contribution is -0.134. The third-order valence-electron chi connectivity index (χ3n) is 8.28. The maximum absolute atomic E-state index is 13.4. The molecule has 3 aromatic carbocycles. The van der Waals surface area contributed by atoms with E-state index < -0.39 is 11.7 Å². The number of methoxy groups -OCH3 is 2. The zero-order valence-electron chi connectivity index (χ0n) is 26.0. The molecule has 1 N–H and O–H groups in total. The number of nitrogens with zero attached hydrogens (tertiary/aromatic N) is 4. The van der Waals surface area contributed by atoms with Gasteiger partial charge in [-0.3, -0.25) is 9.59 Å². The van der Waals surface area contributed by atoms with Crippen LogP contribution in [0.15, 0.2) is 84.0 Å². The van der Waals surface area contributed by atoms with E-state index in [-0.39, 0.29) is 37.4 Å². The van der Waals surface area contributed by atoms with Crippen molar-refractivity contribution in [3.8, 4) is 11.5 Å². The van der Waals surface area contributed by atoms with Crippen LogP contribution in [0.4, 0.5) is 0 Å². The number of hydrogen-bond donors (Lipinski definition) is 1. The first-order chi connectivity index (χ1) is 21.9. The van der Waals surface area contributed by atoms with Crippen LogP contribution < -0.4 is 9.47 Å². The molecule has 238 valence electrons. The van der Waals surface area contributed by atoms with Crippen molar-refractivity contribution in [1.29, 1.82) is 0 Å². The standard InChI is InChI=1S/C35H42N4O6/c1-43-32-18-14-27(15-19-32)35(26-10-6-5-7-11-26,28-16-20-33(44-2)21-17-28)45-25-29-22-31(41)24-39(29)34(42)13-9-4-3-8-12-30(40)23-37-38-36/h5-7,10-11,14-21,29,31,41H,3-4,8-9,12-13,22-25H2,1-2H3/t29-,31?/m0/s1. The Morgan fingerprint density at radius 3 is 1.98 bits per heavy atom. The maximum Gasteiger partial charge on any atom is 0.222 e. The highest BCUT2D eigenvalue weighted by Gasteiger charge is 2.41. The summed E-state index contributed by atoms with van der Waals surface area (Å²) in [6.45, 7) is 0.367. The molecule has 0 aromatic heterocycles. The Balaban J connectivity index is 1.52. The molecule has 0 radical (unpaired) electrons. The number of carbonyl (C=O) groups is 2. The first-order valence-electron chi connectivity index (χ1n) is 15.4. The van der Waals surface area contributed by atoms with Gasteiger partial charge in [-0.1, -0.05) is 72.6 Å². The lowest BCUT2D eigenvalue weighted by Gasteiger charge is -2.38. The molecule has 45 heavy (non-hydrogen) atoms. The molecule has 1 amide bonds. The number of ketones is 1. The summed E-state index contributed by atoms with van der Waals surface area (Å²) in [5.74, 6) is 1.36. The van der Waals surface area contributed by atoms with Gasteiger partial charge in [0.1, 0.15) is 22.9 Å². The summed E-state index contributed by atoms with van der Waals surface area (Å²) >= 11 is 0. The summed E-state index contributed by atoms with van der Waals surface area (Å²) in [7, 11) is 3.26. The second-order valence-corrected chi connectivity index (χ2v) is 11.2. The van der Waals surface area contributed by atoms with Gasteiger partial charge in [0.15, 0.2) is 0 Å². The van der Waals surface area contributed by atoms with Gasteiger partial charge in [-0.25, -0.2) is 0 Å². The summed E-state index contributed by atoms with van der Waals surface area (Å²) in [6.07, 6.45) is 3.54. The molecule has 0 bridgehead atoms. The molecule has 4 rings (SSSR count). The topological polar surface area (TPSA) is 134 Å². The summed E-state index contributed by atoms with van der Waals surface area (Å²) in [4.78, 5) is 29.4. The van der Waals surface area contributed by atoms with Crippen molar-refractivity contribution in [2.45, 2.75) is 62.7 Å². The predicted molar refractivity (Wildman–Crippen MR) is 171 cm³/mol. The van der Waals surface area contributed by atoms with Crippen LogP contribution in [0.2, 0.25) is 0 Å². The van der Waals surface area contributed by atoms with Crippen molar-refractivity contribution >= 4 is 11.7 Å². The van der Waals surface area contributed by atoms with Crippen LogP contribution in [0.25, 0.3) is 10.4 Å². The largest absolute Gasteiger partial charge is 0.497 e. The number of β-amino-alcohol motifs (C(OH)–C–C–N with tert-alkyl or cyclic N) is 1. The number of benzene rings is 3. The molecule has 10 heteroatoms. The molecule has 2 atom stereocenters. The van der Waals surface area contributed by atoms with Crippen LogP contribution in [0, 0.1) is 0 Å². The van der Waals surface area contributed by atoms with E-state index in [1.54, 1.807) is 19.1 Å². The van der Waals surface area contributed by atoms with Crippen LogP contribution >= 0.6 is 0 Å². The molecule has 0 spiro atoms. The molecule has 1 aliphatic rings. The highest BCUT2D eigenvalue weighted by molar-refractivity contribution is 5.80. The van der Waals surface area contributed by atoms with Gasteiger partial charge in [0.05, 0.1) is 39.5 Å². The Hall–Kier alpha value is -4.37. The second-order valence-electron chi connectivity index (χ2n) is 11.2. The number of amides is 1. The van der Waals surface area contributed by atoms with E-state index in [9.17, 15) is 14.7 Å². The maximum atomic E-state index is 13.4. The summed E-state index contributed by atoms with van der Waals surface area (Å²) < 4.78 is 17.9. The van der Waals surface area contributed by atoms with Crippen molar-refractivity contribution in [3.05, 3.63) is 106 Å². The van der Waals surface area contributed by atoms with Crippen molar-refractivity contribution in [1.82, 2.24) is 4.90 Å². The Bertz CT molecular complexity index is 1380. The first-order valence-corrected chi connectivity index (χ1v) is 15.4. The van der Waals surface area contributed by atoms with E-state index in [0.29, 0.717) is 32.1 Å². The van der Waals surface area contributed by atoms with Crippen LogP contribution in [0.3, 0.4) is 0 Å². The van der Waals surface area contributed by atoms with E-state index in [0.717, 1.165) is 41.0 Å². The number of carbonyl (C=O) groups excluding carboxylic acids is 2. The van der Waals surface area contributed by atoms with E-state index in [1.165, 1.54) is 0 Å². The summed E-state index contributed by atoms with van der Waals surface area (Å²) in [6, 6.07) is 25.3. The SMILES string of the molecule is COc1ccc(C(OC[C@@H]2CC(O)CN2C(=O)CCCCCCC(=O)CN=[N+]=[N-])(c2ccccc2)c2ccc(OC)cc2)cc1. The highest BCUT2D eigenvalue weighted by atomic mass is 16.5. The normalized spacial score (nSPS) is 16.2. The third-order valence-corrected chi connectivity index (χ3v) is 8.28. The lowest BCUT2D eigenvalue weighted by atomic mass is 9.80. The number of azide groups is 1. The average Bonchev–Trinajstić information content (AvgIpc) is 3.46. The van der Waals surface area contributed by atoms with Crippen LogP contribution in [-0.4, -0.2) is 67.8 Å². The Morgan fingerprint density at radius 1 is 0.867 bits per heavy atom. The number of unbranched alkanes of at least 4 members (excludes halogenated alkanes) is 3. The smallest absolute Gasteiger partial charge is 0.222 e. The molecule has 3 aromatic rings. The van der Waals surface area contributed by atoms with Gasteiger partial charge in [0.2, 0.25) is 5.91 Å². The minimum atomic E-state index is -1.02. The molecule has 1 aliphatic heterocycles. The zero-order valence-corrected chi connectivity index (χ0v) is 26.0. The van der Waals surface area contributed by atoms with Gasteiger partial charge in [-0.15, -0.1) is 0 Å². The van der Waals surface area contributed by atoms with Crippen molar-refractivity contribution < 1.29 is 28.9 Å². The molecule has 0 saturated carbocycles. The van der Waals surface area contributed by atoms with Gasteiger partial charge in [-0.05, 0) is 65.7 Å². The van der Waals surface area contributed by atoms with Crippen LogP contribution in [0.1, 0.15) is 61.6 Å². The zero-order chi connectivity index (χ0) is 32.1. The Labute approximate surface area is 264 Å². The van der Waals surface area contributed by atoms with E-state index in [2.05, 4.69) is 10.0 Å². The summed E-state index contributed by atoms with van der Waals surface area (Å²) in [5, 5.41) is 13.9. The second kappa shape index (κ2) is 16.6. The number of ether oxygens (including phenoxy) is 3. The van der Waals surface area contributed by atoms with Gasteiger partial charge in [-0.2, -0.15) is 0 Å². The minimum absolute atomic E-state index is 0.0150. The lowest BCUT2D eigenvalue weighted by Crippen LogP contribution is -2.42. The van der Waals surface area contributed by atoms with Crippen molar-refractivity contribution in [3.63, 3.8) is 0 Å². The van der Waals surface area contributed by atoms with Gasteiger partial charge in [0, 0.05) is 24.3 Å². The number of Topliss-reactive ketones (excluding diaryl/α,β-unsaturated/α-hetero) is 1. The molecule has 1 heterocycles. The van der Waals surface area contributed by atoms with Gasteiger partial charge < -0.3 is 24.2 Å². The summed E-state index contributed by atoms with van der Waals surface area (Å²) in [5.41, 5.74) is 10.0. The monoisotopic (exact) mass is 614 g/mol. The van der Waals surface area contributed by atoms with Gasteiger partial charge in [0.25, 0.3) is 0 Å². The minimum Gasteiger partial charge on any atom is -0.497 e.